The first kappa shape index (κ1) is 18.6. The van der Waals surface area contributed by atoms with Crippen molar-refractivity contribution in [3.05, 3.63) is 65.7 Å². The molecule has 0 spiro atoms. The van der Waals surface area contributed by atoms with Gasteiger partial charge in [-0.25, -0.2) is 17.9 Å². The lowest BCUT2D eigenvalue weighted by atomic mass is 10.1. The lowest BCUT2D eigenvalue weighted by Crippen LogP contribution is -2.24. The van der Waals surface area contributed by atoms with Gasteiger partial charge in [0.25, 0.3) is 0 Å². The Morgan fingerprint density at radius 1 is 1.20 bits per heavy atom. The topological polar surface area (TPSA) is 96.3 Å². The molecule has 1 atom stereocenters. The van der Waals surface area contributed by atoms with Crippen LogP contribution in [0, 0.1) is 11.3 Å². The van der Waals surface area contributed by atoms with Crippen molar-refractivity contribution < 1.29 is 17.9 Å². The molecule has 0 heterocycles. The number of nitrogens with one attached hydrogen (secondary N) is 1. The number of esters is 1. The second kappa shape index (κ2) is 8.42. The van der Waals surface area contributed by atoms with Crippen molar-refractivity contribution in [1.82, 2.24) is 4.72 Å². The summed E-state index contributed by atoms with van der Waals surface area (Å²) < 4.78 is 32.0. The van der Waals surface area contributed by atoms with Crippen molar-refractivity contribution in [3.8, 4) is 6.07 Å². The van der Waals surface area contributed by atoms with Gasteiger partial charge in [-0.15, -0.1) is 0 Å². The summed E-state index contributed by atoms with van der Waals surface area (Å²) in [7, 11) is -3.78. The summed E-state index contributed by atoms with van der Waals surface area (Å²) in [4.78, 5) is 12.2. The van der Waals surface area contributed by atoms with E-state index >= 15 is 0 Å². The van der Waals surface area contributed by atoms with Crippen LogP contribution in [0.15, 0.2) is 59.5 Å². The zero-order valence-electron chi connectivity index (χ0n) is 13.7. The van der Waals surface area contributed by atoms with Crippen LogP contribution in [-0.2, 0) is 14.8 Å². The molecule has 0 fully saturated rings. The van der Waals surface area contributed by atoms with Gasteiger partial charge in [-0.05, 0) is 30.7 Å². The molecule has 0 saturated carbocycles. The zero-order chi connectivity index (χ0) is 18.3. The van der Waals surface area contributed by atoms with Gasteiger partial charge >= 0.3 is 5.97 Å². The maximum absolute atomic E-state index is 12.3. The Morgan fingerprint density at radius 3 is 2.60 bits per heavy atom. The predicted molar refractivity (Wildman–Crippen MR) is 92.1 cm³/mol. The number of ether oxygens (including phenoxy) is 1. The standard InChI is InChI=1S/C18H18N2O4S/c1-14(15-7-3-2-4-8-15)24-18(21)16-9-5-10-17(13-16)25(22,23)20-12-6-11-19/h2-5,7-10,13-14,20H,6,12H2,1H3/t14-/m0/s1. The molecule has 0 aliphatic heterocycles. The number of nitrogens with zero attached hydrogens (tertiary/aromatic N) is 1. The third-order valence-corrected chi connectivity index (χ3v) is 4.92. The molecule has 0 saturated heterocycles. The van der Waals surface area contributed by atoms with Crippen LogP contribution in [0.5, 0.6) is 0 Å². The zero-order valence-corrected chi connectivity index (χ0v) is 14.5. The number of carbonyl (C=O) groups excluding carboxylic acids is 1. The lowest BCUT2D eigenvalue weighted by molar-refractivity contribution is 0.0337. The largest absolute Gasteiger partial charge is 0.454 e. The highest BCUT2D eigenvalue weighted by Crippen LogP contribution is 2.19. The van der Waals surface area contributed by atoms with E-state index in [1.165, 1.54) is 24.3 Å². The first-order valence-electron chi connectivity index (χ1n) is 7.66. The van der Waals surface area contributed by atoms with E-state index < -0.39 is 22.1 Å². The number of nitriles is 1. The second-order valence-corrected chi connectivity index (χ2v) is 7.06. The highest BCUT2D eigenvalue weighted by molar-refractivity contribution is 7.89. The fourth-order valence-electron chi connectivity index (χ4n) is 2.14. The molecule has 0 aliphatic carbocycles. The molecular formula is C18H18N2O4S. The highest BCUT2D eigenvalue weighted by Gasteiger charge is 2.18. The predicted octanol–water partition coefficient (Wildman–Crippen LogP) is 2.80. The Hall–Kier alpha value is -2.69. The van der Waals surface area contributed by atoms with Gasteiger partial charge in [0.2, 0.25) is 10.0 Å². The van der Waals surface area contributed by atoms with Crippen molar-refractivity contribution in [3.63, 3.8) is 0 Å². The Bertz CT molecular complexity index is 873. The SMILES string of the molecule is C[C@H](OC(=O)c1cccc(S(=O)(=O)NCCC#N)c1)c1ccccc1. The van der Waals surface area contributed by atoms with E-state index in [1.54, 1.807) is 6.92 Å². The monoisotopic (exact) mass is 358 g/mol. The summed E-state index contributed by atoms with van der Waals surface area (Å²) in [6.45, 7) is 1.76. The van der Waals surface area contributed by atoms with Crippen LogP contribution in [0.3, 0.4) is 0 Å². The van der Waals surface area contributed by atoms with E-state index in [0.29, 0.717) is 0 Å². The second-order valence-electron chi connectivity index (χ2n) is 5.29. The molecular weight excluding hydrogens is 340 g/mol. The van der Waals surface area contributed by atoms with Gasteiger partial charge in [0.15, 0.2) is 0 Å². The smallest absolute Gasteiger partial charge is 0.338 e. The fourth-order valence-corrected chi connectivity index (χ4v) is 3.21. The Labute approximate surface area is 147 Å². The minimum absolute atomic E-state index is 0.0124. The summed E-state index contributed by atoms with van der Waals surface area (Å²) in [6.07, 6.45) is -0.391. The van der Waals surface area contributed by atoms with E-state index in [0.717, 1.165) is 5.56 Å². The van der Waals surface area contributed by atoms with Crippen molar-refractivity contribution in [2.75, 3.05) is 6.54 Å². The number of carbonyl (C=O) groups is 1. The summed E-state index contributed by atoms with van der Waals surface area (Å²) in [6, 6.07) is 16.7. The minimum Gasteiger partial charge on any atom is -0.454 e. The Morgan fingerprint density at radius 2 is 1.92 bits per heavy atom. The molecule has 25 heavy (non-hydrogen) atoms. The number of rotatable bonds is 7. The third kappa shape index (κ3) is 5.14. The number of sulfonamides is 1. The van der Waals surface area contributed by atoms with Crippen LogP contribution in [0.1, 0.15) is 35.4 Å². The Kier molecular flexibility index (Phi) is 6.28. The van der Waals surface area contributed by atoms with Gasteiger partial charge in [-0.1, -0.05) is 36.4 Å². The van der Waals surface area contributed by atoms with E-state index in [1.807, 2.05) is 36.4 Å². The van der Waals surface area contributed by atoms with Crippen LogP contribution in [0.2, 0.25) is 0 Å². The lowest BCUT2D eigenvalue weighted by Gasteiger charge is -2.14. The molecule has 7 heteroatoms. The molecule has 2 aromatic rings. The van der Waals surface area contributed by atoms with Crippen LogP contribution in [0.25, 0.3) is 0 Å². The quantitative estimate of drug-likeness (QED) is 0.606. The van der Waals surface area contributed by atoms with E-state index in [2.05, 4.69) is 4.72 Å². The number of hydrogen-bond acceptors (Lipinski definition) is 5. The first-order valence-corrected chi connectivity index (χ1v) is 9.15. The number of hydrogen-bond donors (Lipinski definition) is 1. The summed E-state index contributed by atoms with van der Waals surface area (Å²) in [5, 5.41) is 8.48. The van der Waals surface area contributed by atoms with E-state index in [9.17, 15) is 13.2 Å². The van der Waals surface area contributed by atoms with Gasteiger partial charge in [0.05, 0.1) is 16.5 Å². The average Bonchev–Trinajstić information content (AvgIpc) is 2.62. The van der Waals surface area contributed by atoms with Gasteiger partial charge in [-0.2, -0.15) is 5.26 Å². The molecule has 2 rings (SSSR count). The van der Waals surface area contributed by atoms with Crippen molar-refractivity contribution in [2.24, 2.45) is 0 Å². The minimum atomic E-state index is -3.78. The van der Waals surface area contributed by atoms with E-state index in [-0.39, 0.29) is 23.4 Å². The molecule has 6 nitrogen and oxygen atoms in total. The average molecular weight is 358 g/mol. The summed E-state index contributed by atoms with van der Waals surface area (Å²) in [5.41, 5.74) is 0.990. The van der Waals surface area contributed by atoms with E-state index in [4.69, 9.17) is 10.00 Å². The molecule has 0 bridgehead atoms. The molecule has 130 valence electrons. The summed E-state index contributed by atoms with van der Waals surface area (Å²) in [5.74, 6) is -0.606. The Balaban J connectivity index is 2.12. The van der Waals surface area contributed by atoms with Crippen LogP contribution in [-0.4, -0.2) is 20.9 Å². The molecule has 0 amide bonds. The third-order valence-electron chi connectivity index (χ3n) is 3.46. The maximum atomic E-state index is 12.3. The van der Waals surface area contributed by atoms with Crippen LogP contribution >= 0.6 is 0 Å². The molecule has 0 aliphatic rings. The van der Waals surface area contributed by atoms with Crippen molar-refractivity contribution in [2.45, 2.75) is 24.3 Å². The summed E-state index contributed by atoms with van der Waals surface area (Å²) >= 11 is 0. The molecule has 0 aromatic heterocycles. The number of benzene rings is 2. The fraction of sp³-hybridized carbons (Fsp3) is 0.222. The maximum Gasteiger partial charge on any atom is 0.338 e. The highest BCUT2D eigenvalue weighted by atomic mass is 32.2. The first-order chi connectivity index (χ1) is 11.9. The van der Waals surface area contributed by atoms with Gasteiger partial charge in [-0.3, -0.25) is 0 Å². The molecule has 0 unspecified atom stereocenters. The molecule has 1 N–H and O–H groups in total. The van der Waals surface area contributed by atoms with Gasteiger partial charge in [0.1, 0.15) is 6.10 Å². The normalized spacial score (nSPS) is 12.2. The van der Waals surface area contributed by atoms with Crippen molar-refractivity contribution in [1.29, 1.82) is 5.26 Å². The van der Waals surface area contributed by atoms with Gasteiger partial charge < -0.3 is 4.74 Å². The molecule has 0 radical (unpaired) electrons. The van der Waals surface area contributed by atoms with Crippen LogP contribution in [0.4, 0.5) is 0 Å². The van der Waals surface area contributed by atoms with Gasteiger partial charge in [0, 0.05) is 13.0 Å². The molecule has 2 aromatic carbocycles. The van der Waals surface area contributed by atoms with Crippen LogP contribution < -0.4 is 4.72 Å². The van der Waals surface area contributed by atoms with Crippen molar-refractivity contribution >= 4 is 16.0 Å².